The molecule has 0 radical (unpaired) electrons. The number of carbonyl (C=O) groups is 2. The average molecular weight is 632 g/mol. The number of halogens is 3. The number of aliphatic hydroxyl groups excluding tert-OH is 1. The van der Waals surface area contributed by atoms with Crippen LogP contribution in [-0.4, -0.2) is 69.6 Å². The predicted molar refractivity (Wildman–Crippen MR) is 166 cm³/mol. The fraction of sp³-hybridized carbons (Fsp3) is 0.533. The van der Waals surface area contributed by atoms with Crippen molar-refractivity contribution in [3.8, 4) is 0 Å². The molecule has 40 heavy (non-hydrogen) atoms. The minimum Gasteiger partial charge on any atom is -0.396 e. The Bertz CT molecular complexity index is 1020. The zero-order chi connectivity index (χ0) is 29.9. The molecule has 0 aromatic heterocycles. The van der Waals surface area contributed by atoms with Gasteiger partial charge in [0, 0.05) is 65.9 Å². The number of carbonyl (C=O) groups excluding carboxylic acids is 2. The van der Waals surface area contributed by atoms with Crippen LogP contribution in [0.15, 0.2) is 60.7 Å². The van der Waals surface area contributed by atoms with E-state index < -0.39 is 14.6 Å². The molecule has 0 unspecified atom stereocenters. The van der Waals surface area contributed by atoms with E-state index in [-0.39, 0.29) is 35.7 Å². The van der Waals surface area contributed by atoms with Gasteiger partial charge in [0.2, 0.25) is 21.0 Å². The minimum absolute atomic E-state index is 0.0769. The van der Waals surface area contributed by atoms with E-state index in [4.69, 9.17) is 15.8 Å². The summed E-state index contributed by atoms with van der Waals surface area (Å²) < 4.78 is 9.09. The van der Waals surface area contributed by atoms with Crippen LogP contribution in [0.4, 0.5) is 0 Å². The van der Waals surface area contributed by atoms with Crippen molar-refractivity contribution in [3.05, 3.63) is 71.8 Å². The highest BCUT2D eigenvalue weighted by Gasteiger charge is 2.62. The van der Waals surface area contributed by atoms with E-state index in [0.29, 0.717) is 5.88 Å². The first-order valence-corrected chi connectivity index (χ1v) is 17.1. The molecular formula is C30H41Cl3N2O4S. The maximum Gasteiger partial charge on any atom is 0.233 e. The molecule has 2 aliphatic rings. The standard InChI is InChI=1S/C15H20ClNO.C15H21NO2.Cl2OS/c1-3-17(4-2)14(18)15(10-13(15)11-16)12-8-6-5-7-9-12;1-3-16(4-2)14(18)15(10-13(15)11-17)12-8-6-5-7-9-12;1-4(2)3/h5-9,13H,3-4,10-11H2,1-2H3;5-9,13,17H,3-4,10-11H2,1-2H3;/t2*13-,15+;/m00./s1. The highest BCUT2D eigenvalue weighted by molar-refractivity contribution is 8.26. The molecule has 0 spiro atoms. The van der Waals surface area contributed by atoms with Crippen LogP contribution < -0.4 is 0 Å². The van der Waals surface area contributed by atoms with Crippen LogP contribution in [0.25, 0.3) is 0 Å². The molecule has 0 heterocycles. The largest absolute Gasteiger partial charge is 0.396 e. The van der Waals surface area contributed by atoms with Gasteiger partial charge in [-0.15, -0.1) is 11.6 Å². The molecule has 0 aliphatic heterocycles. The lowest BCUT2D eigenvalue weighted by atomic mass is 9.91. The van der Waals surface area contributed by atoms with E-state index in [1.807, 2.05) is 98.2 Å². The Kier molecular flexibility index (Phi) is 13.9. The van der Waals surface area contributed by atoms with Crippen molar-refractivity contribution in [3.63, 3.8) is 0 Å². The Labute approximate surface area is 255 Å². The Morgan fingerprint density at radius 2 is 1.10 bits per heavy atom. The normalized spacial score (nSPS) is 24.1. The highest BCUT2D eigenvalue weighted by Crippen LogP contribution is 2.56. The summed E-state index contributed by atoms with van der Waals surface area (Å²) in [5, 5.41) is 9.41. The Morgan fingerprint density at radius 1 is 0.775 bits per heavy atom. The van der Waals surface area contributed by atoms with E-state index >= 15 is 0 Å². The summed E-state index contributed by atoms with van der Waals surface area (Å²) in [4.78, 5) is 29.2. The number of amides is 2. The molecule has 2 saturated carbocycles. The second-order valence-electron chi connectivity index (χ2n) is 9.95. The number of hydrogen-bond acceptors (Lipinski definition) is 4. The smallest absolute Gasteiger partial charge is 0.233 e. The molecule has 10 heteroatoms. The van der Waals surface area contributed by atoms with Crippen molar-refractivity contribution in [2.45, 2.75) is 51.4 Å². The molecule has 4 atom stereocenters. The molecule has 2 aliphatic carbocycles. The summed E-state index contributed by atoms with van der Waals surface area (Å²) >= 11 is 6.00. The van der Waals surface area contributed by atoms with Gasteiger partial charge in [-0.3, -0.25) is 9.59 Å². The molecule has 0 bridgehead atoms. The zero-order valence-corrected chi connectivity index (χ0v) is 26.8. The van der Waals surface area contributed by atoms with E-state index in [1.54, 1.807) is 0 Å². The average Bonchev–Trinajstić information content (AvgIpc) is 3.89. The summed E-state index contributed by atoms with van der Waals surface area (Å²) in [5.41, 5.74) is 1.34. The van der Waals surface area contributed by atoms with Crippen LogP contribution in [-0.2, 0) is 29.6 Å². The van der Waals surface area contributed by atoms with Crippen molar-refractivity contribution < 1.29 is 18.9 Å². The third-order valence-electron chi connectivity index (χ3n) is 8.06. The lowest BCUT2D eigenvalue weighted by Crippen LogP contribution is -2.40. The topological polar surface area (TPSA) is 77.9 Å². The molecule has 2 aromatic carbocycles. The number of hydrogen-bond donors (Lipinski definition) is 1. The number of rotatable bonds is 10. The first-order valence-electron chi connectivity index (χ1n) is 13.7. The summed E-state index contributed by atoms with van der Waals surface area (Å²) in [6.07, 6.45) is 1.65. The second kappa shape index (κ2) is 16.1. The number of nitrogens with zero attached hydrogens (tertiary/aromatic N) is 2. The monoisotopic (exact) mass is 630 g/mol. The van der Waals surface area contributed by atoms with E-state index in [0.717, 1.165) is 50.1 Å². The molecule has 4 rings (SSSR count). The van der Waals surface area contributed by atoms with E-state index in [9.17, 15) is 14.7 Å². The van der Waals surface area contributed by atoms with Gasteiger partial charge in [-0.2, -0.15) is 0 Å². The lowest BCUT2D eigenvalue weighted by molar-refractivity contribution is -0.134. The van der Waals surface area contributed by atoms with Crippen molar-refractivity contribution in [1.29, 1.82) is 0 Å². The summed E-state index contributed by atoms with van der Waals surface area (Å²) in [7, 11) is 7.36. The van der Waals surface area contributed by atoms with Gasteiger partial charge in [0.25, 0.3) is 0 Å². The Morgan fingerprint density at radius 3 is 1.35 bits per heavy atom. The van der Waals surface area contributed by atoms with Crippen LogP contribution in [0.3, 0.4) is 0 Å². The minimum atomic E-state index is -1.67. The first-order chi connectivity index (χ1) is 19.1. The molecular weight excluding hydrogens is 591 g/mol. The van der Waals surface area contributed by atoms with Crippen molar-refractivity contribution in [1.82, 2.24) is 9.80 Å². The summed E-state index contributed by atoms with van der Waals surface area (Å²) in [5.74, 6) is 1.33. The molecule has 1 N–H and O–H groups in total. The van der Waals surface area contributed by atoms with Gasteiger partial charge >= 0.3 is 0 Å². The predicted octanol–water partition coefficient (Wildman–Crippen LogP) is 5.90. The maximum atomic E-state index is 12.7. The van der Waals surface area contributed by atoms with E-state index in [2.05, 4.69) is 21.4 Å². The summed E-state index contributed by atoms with van der Waals surface area (Å²) in [6.45, 7) is 11.1. The van der Waals surface area contributed by atoms with Gasteiger partial charge < -0.3 is 14.9 Å². The highest BCUT2D eigenvalue weighted by atomic mass is 36.0. The van der Waals surface area contributed by atoms with Gasteiger partial charge in [-0.05, 0) is 57.6 Å². The van der Waals surface area contributed by atoms with Crippen molar-refractivity contribution in [2.24, 2.45) is 11.8 Å². The molecule has 2 fully saturated rings. The van der Waals surface area contributed by atoms with Crippen molar-refractivity contribution in [2.75, 3.05) is 38.7 Å². The van der Waals surface area contributed by atoms with Gasteiger partial charge in [0.15, 0.2) is 0 Å². The van der Waals surface area contributed by atoms with Crippen LogP contribution in [0.1, 0.15) is 51.7 Å². The Balaban J connectivity index is 0.000000247. The Hall–Kier alpha value is -1.64. The number of aliphatic hydroxyl groups is 1. The zero-order valence-electron chi connectivity index (χ0n) is 23.7. The molecule has 2 amide bonds. The van der Waals surface area contributed by atoms with Crippen LogP contribution in [0.2, 0.25) is 0 Å². The van der Waals surface area contributed by atoms with E-state index in [1.165, 1.54) is 0 Å². The van der Waals surface area contributed by atoms with Gasteiger partial charge in [0.05, 0.1) is 10.8 Å². The first kappa shape index (κ1) is 34.6. The van der Waals surface area contributed by atoms with Crippen molar-refractivity contribution >= 4 is 54.0 Å². The molecule has 222 valence electrons. The molecule has 0 saturated heterocycles. The fourth-order valence-electron chi connectivity index (χ4n) is 5.60. The van der Waals surface area contributed by atoms with Crippen LogP contribution in [0, 0.1) is 11.8 Å². The maximum absolute atomic E-state index is 12.7. The number of benzene rings is 2. The van der Waals surface area contributed by atoms with Crippen LogP contribution >= 0.6 is 33.0 Å². The van der Waals surface area contributed by atoms with Gasteiger partial charge in [0.1, 0.15) is 0 Å². The second-order valence-corrected chi connectivity index (χ2v) is 12.8. The lowest BCUT2D eigenvalue weighted by Gasteiger charge is -2.26. The fourth-order valence-corrected chi connectivity index (χ4v) is 5.97. The third-order valence-corrected chi connectivity index (χ3v) is 8.43. The number of alkyl halides is 1. The molecule has 2 aromatic rings. The number of likely N-dealkylation sites (N-methyl/N-ethyl adjacent to an activating group) is 2. The van der Waals surface area contributed by atoms with Crippen LogP contribution in [0.5, 0.6) is 0 Å². The van der Waals surface area contributed by atoms with Gasteiger partial charge in [-0.25, -0.2) is 4.21 Å². The SMILES string of the molecule is CCN(CC)C(=O)[C@@]1(c2ccccc2)C[C@H]1CCl.CCN(CC)C(=O)[C@@]1(c2ccccc2)C[C@H]1CO.O=S(Cl)Cl. The molecule has 6 nitrogen and oxygen atoms in total. The quantitative estimate of drug-likeness (QED) is 0.262. The third kappa shape index (κ3) is 7.80. The summed E-state index contributed by atoms with van der Waals surface area (Å²) in [6, 6.07) is 19.9. The van der Waals surface area contributed by atoms with Gasteiger partial charge in [-0.1, -0.05) is 60.7 Å².